The highest BCUT2D eigenvalue weighted by Gasteiger charge is 3.00. The molecule has 1 N–H and O–H groups in total. The van der Waals surface area contributed by atoms with Crippen molar-refractivity contribution in [2.24, 2.45) is 0 Å². The standard InChI is InChI=1S/C16HF29O2/c17-1(3(46)47)2(18)4(19,20)5(21,22)6(23,24)7(25,26)8(27,28)9(29,30)10(31,32)11(33,34)12(35,36)13(37,38)14(39,40)15(41,42)16(43,44)45/h(H,46,47)/b2-1+. The van der Waals surface area contributed by atoms with E-state index in [2.05, 4.69) is 0 Å². The van der Waals surface area contributed by atoms with Crippen molar-refractivity contribution in [3.63, 3.8) is 0 Å². The molecular formula is C16HF29O2. The minimum Gasteiger partial charge on any atom is -0.476 e. The summed E-state index contributed by atoms with van der Waals surface area (Å²) in [5, 5.41) is 7.78. The summed E-state index contributed by atoms with van der Waals surface area (Å²) in [6.07, 6.45) is -8.31. The van der Waals surface area contributed by atoms with Crippen LogP contribution in [0.2, 0.25) is 0 Å². The van der Waals surface area contributed by atoms with E-state index in [1.807, 2.05) is 0 Å². The lowest BCUT2D eigenvalue weighted by molar-refractivity contribution is -0.484. The summed E-state index contributed by atoms with van der Waals surface area (Å²) < 4.78 is 384. The van der Waals surface area contributed by atoms with Gasteiger partial charge in [0.25, 0.3) is 0 Å². The lowest BCUT2D eigenvalue weighted by atomic mass is 9.84. The molecule has 0 rings (SSSR count). The molecule has 47 heavy (non-hydrogen) atoms. The van der Waals surface area contributed by atoms with E-state index < -0.39 is 94.9 Å². The number of rotatable bonds is 13. The van der Waals surface area contributed by atoms with Crippen molar-refractivity contribution in [1.29, 1.82) is 0 Å². The van der Waals surface area contributed by atoms with Gasteiger partial charge in [-0.15, -0.1) is 0 Å². The summed E-state index contributed by atoms with van der Waals surface area (Å²) in [7, 11) is 0. The number of allylic oxidation sites excluding steroid dienone is 1. The average molecular weight is 776 g/mol. The highest BCUT2D eigenvalue weighted by atomic mass is 19.4. The molecule has 31 heteroatoms. The Morgan fingerprint density at radius 2 is 0.489 bits per heavy atom. The molecule has 0 bridgehead atoms. The van der Waals surface area contributed by atoms with Gasteiger partial charge >= 0.3 is 83.2 Å². The Morgan fingerprint density at radius 1 is 0.319 bits per heavy atom. The molecule has 0 saturated carbocycles. The van der Waals surface area contributed by atoms with Crippen molar-refractivity contribution >= 4 is 5.97 Å². The van der Waals surface area contributed by atoms with Gasteiger partial charge in [-0.1, -0.05) is 0 Å². The molecule has 0 atom stereocenters. The molecule has 0 saturated heterocycles. The van der Waals surface area contributed by atoms with Crippen molar-refractivity contribution in [1.82, 2.24) is 0 Å². The van der Waals surface area contributed by atoms with Gasteiger partial charge in [0.1, 0.15) is 0 Å². The monoisotopic (exact) mass is 776 g/mol. The van der Waals surface area contributed by atoms with Crippen LogP contribution in [0.5, 0.6) is 0 Å². The minimum atomic E-state index is -9.97. The maximum atomic E-state index is 13.7. The second kappa shape index (κ2) is 10.8. The molecule has 0 aliphatic rings. The molecule has 0 unspecified atom stereocenters. The van der Waals surface area contributed by atoms with Gasteiger partial charge in [-0.2, -0.15) is 123 Å². The molecule has 0 heterocycles. The van der Waals surface area contributed by atoms with Crippen LogP contribution in [-0.4, -0.2) is 88.3 Å². The van der Waals surface area contributed by atoms with Crippen molar-refractivity contribution in [3.8, 4) is 0 Å². The van der Waals surface area contributed by atoms with Gasteiger partial charge in [0, 0.05) is 0 Å². The zero-order valence-electron chi connectivity index (χ0n) is 19.8. The summed E-state index contributed by atoms with van der Waals surface area (Å²) in [6, 6.07) is 0. The van der Waals surface area contributed by atoms with E-state index in [1.165, 1.54) is 0 Å². The van der Waals surface area contributed by atoms with E-state index in [4.69, 9.17) is 5.11 Å². The van der Waals surface area contributed by atoms with Crippen LogP contribution in [0.4, 0.5) is 127 Å². The predicted octanol–water partition coefficient (Wildman–Crippen LogP) is 9.41. The van der Waals surface area contributed by atoms with Crippen LogP contribution in [-0.2, 0) is 4.79 Å². The number of carboxylic acid groups (broad SMARTS) is 1. The van der Waals surface area contributed by atoms with E-state index >= 15 is 0 Å². The molecule has 280 valence electrons. The highest BCUT2D eigenvalue weighted by Crippen LogP contribution is 2.68. The van der Waals surface area contributed by atoms with Gasteiger partial charge < -0.3 is 5.11 Å². The molecule has 0 fully saturated rings. The van der Waals surface area contributed by atoms with Gasteiger partial charge in [0.05, 0.1) is 0 Å². The Morgan fingerprint density at radius 3 is 0.660 bits per heavy atom. The van der Waals surface area contributed by atoms with Crippen molar-refractivity contribution < 1.29 is 137 Å². The normalized spacial score (nSPS) is 17.1. The largest absolute Gasteiger partial charge is 0.476 e. The molecule has 0 aliphatic carbocycles. The van der Waals surface area contributed by atoms with Gasteiger partial charge in [0.15, 0.2) is 0 Å². The zero-order valence-corrected chi connectivity index (χ0v) is 19.8. The first-order valence-electron chi connectivity index (χ1n) is 9.66. The van der Waals surface area contributed by atoms with Crippen LogP contribution in [0.3, 0.4) is 0 Å². The van der Waals surface area contributed by atoms with Crippen LogP contribution in [0.1, 0.15) is 0 Å². The van der Waals surface area contributed by atoms with Gasteiger partial charge in [-0.3, -0.25) is 0 Å². The maximum Gasteiger partial charge on any atom is 0.460 e. The van der Waals surface area contributed by atoms with Crippen LogP contribution in [0, 0.1) is 0 Å². The molecule has 0 spiro atoms. The molecule has 0 aromatic carbocycles. The Balaban J connectivity index is 7.61. The number of carboxylic acids is 1. The van der Waals surface area contributed by atoms with E-state index in [0.29, 0.717) is 0 Å². The molecule has 0 radical (unpaired) electrons. The van der Waals surface area contributed by atoms with Crippen molar-refractivity contribution in [3.05, 3.63) is 11.7 Å². The van der Waals surface area contributed by atoms with Crippen LogP contribution < -0.4 is 0 Å². The SMILES string of the molecule is O=C(O)/C(F)=C(\F)C(F)(F)C(F)(F)C(F)(F)C(F)(F)C(F)(F)C(F)(F)C(F)(F)C(F)(F)C(F)(F)C(F)(F)C(F)(F)C(F)(F)C(F)(F)F. The number of hydrogen-bond acceptors (Lipinski definition) is 1. The second-order valence-electron chi connectivity index (χ2n) is 8.32. The van der Waals surface area contributed by atoms with E-state index in [-0.39, 0.29) is 0 Å². The first kappa shape index (κ1) is 44.2. The number of halogens is 29. The Kier molecular flexibility index (Phi) is 10.2. The fourth-order valence-corrected chi connectivity index (χ4v) is 2.52. The zero-order chi connectivity index (χ0) is 39.2. The first-order chi connectivity index (χ1) is 19.8. The quantitative estimate of drug-likeness (QED) is 0.150. The number of aliphatic carboxylic acids is 1. The minimum absolute atomic E-state index is 3.86. The lowest BCUT2D eigenvalue weighted by Gasteiger charge is -2.46. The van der Waals surface area contributed by atoms with E-state index in [9.17, 15) is 132 Å². The van der Waals surface area contributed by atoms with Gasteiger partial charge in [0.2, 0.25) is 11.7 Å². The smallest absolute Gasteiger partial charge is 0.460 e. The third-order valence-corrected chi connectivity index (χ3v) is 5.35. The summed E-state index contributed by atoms with van der Waals surface area (Å²) in [6.45, 7) is 0. The first-order valence-corrected chi connectivity index (χ1v) is 9.66. The summed E-state index contributed by atoms with van der Waals surface area (Å²) in [5.74, 6) is -127. The summed E-state index contributed by atoms with van der Waals surface area (Å²) in [4.78, 5) is 9.95. The fraction of sp³-hybridized carbons (Fsp3) is 0.812. The van der Waals surface area contributed by atoms with Crippen LogP contribution in [0.15, 0.2) is 11.7 Å². The molecule has 0 aliphatic heterocycles. The maximum absolute atomic E-state index is 13.7. The molecule has 0 aromatic heterocycles. The van der Waals surface area contributed by atoms with E-state index in [1.54, 1.807) is 0 Å². The third kappa shape index (κ3) is 5.16. The van der Waals surface area contributed by atoms with Crippen molar-refractivity contribution in [2.45, 2.75) is 77.2 Å². The predicted molar refractivity (Wildman–Crippen MR) is 82.3 cm³/mol. The Bertz CT molecular complexity index is 1230. The van der Waals surface area contributed by atoms with Crippen LogP contribution in [0.25, 0.3) is 0 Å². The molecule has 2 nitrogen and oxygen atoms in total. The fourth-order valence-electron chi connectivity index (χ4n) is 2.52. The third-order valence-electron chi connectivity index (χ3n) is 5.35. The second-order valence-corrected chi connectivity index (χ2v) is 8.32. The van der Waals surface area contributed by atoms with Crippen molar-refractivity contribution in [2.75, 3.05) is 0 Å². The number of alkyl halides is 27. The summed E-state index contributed by atoms with van der Waals surface area (Å²) in [5.41, 5.74) is 0. The van der Waals surface area contributed by atoms with E-state index in [0.717, 1.165) is 0 Å². The summed E-state index contributed by atoms with van der Waals surface area (Å²) >= 11 is 0. The lowest BCUT2D eigenvalue weighted by Crippen LogP contribution is -2.78. The Labute approximate surface area is 233 Å². The Hall–Kier alpha value is -2.82. The number of carbonyl (C=O) groups is 1. The topological polar surface area (TPSA) is 37.3 Å². The van der Waals surface area contributed by atoms with Gasteiger partial charge in [-0.25, -0.2) is 9.18 Å². The van der Waals surface area contributed by atoms with Crippen LogP contribution >= 0.6 is 0 Å². The number of hydrogen-bond donors (Lipinski definition) is 1. The molecule has 0 aromatic rings. The van der Waals surface area contributed by atoms with Gasteiger partial charge in [-0.05, 0) is 0 Å². The average Bonchev–Trinajstić information content (AvgIpc) is 2.85. The molecule has 0 amide bonds. The highest BCUT2D eigenvalue weighted by molar-refractivity contribution is 5.84. The molecular weight excluding hydrogens is 775 g/mol.